The Morgan fingerprint density at radius 1 is 1.60 bits per heavy atom. The molecular weight excluding hydrogens is 200 g/mol. The molecule has 1 rings (SSSR count). The Kier molecular flexibility index (Phi) is 3.55. The van der Waals surface area contributed by atoms with Gasteiger partial charge in [0.15, 0.2) is 0 Å². The molecule has 2 N–H and O–H groups in total. The van der Waals surface area contributed by atoms with E-state index in [1.807, 2.05) is 0 Å². The minimum absolute atomic E-state index is 0.0829. The summed E-state index contributed by atoms with van der Waals surface area (Å²) in [5, 5.41) is 15.4. The molecule has 7 nitrogen and oxygen atoms in total. The maximum Gasteiger partial charge on any atom is 0.287 e. The van der Waals surface area contributed by atoms with Gasteiger partial charge in [0.25, 0.3) is 5.69 Å². The Morgan fingerprint density at radius 3 is 2.80 bits per heavy atom. The van der Waals surface area contributed by atoms with E-state index in [-0.39, 0.29) is 18.1 Å². The van der Waals surface area contributed by atoms with Crippen LogP contribution >= 0.6 is 0 Å². The van der Waals surface area contributed by atoms with Crippen LogP contribution in [0.1, 0.15) is 0 Å². The van der Waals surface area contributed by atoms with Crippen LogP contribution in [0.15, 0.2) is 18.3 Å². The van der Waals surface area contributed by atoms with Crippen molar-refractivity contribution in [2.45, 2.75) is 0 Å². The maximum atomic E-state index is 10.9. The summed E-state index contributed by atoms with van der Waals surface area (Å²) in [6.07, 6.45) is 1.13. The Hall–Kier alpha value is -2.18. The van der Waals surface area contributed by atoms with Crippen LogP contribution < -0.4 is 10.6 Å². The zero-order valence-electron chi connectivity index (χ0n) is 8.06. The SMILES string of the molecule is CNC(=O)CNc1ccc([N+](=O)[O-])cn1. The average Bonchev–Trinajstić information content (AvgIpc) is 2.26. The van der Waals surface area contributed by atoms with Gasteiger partial charge in [0.1, 0.15) is 12.0 Å². The van der Waals surface area contributed by atoms with Gasteiger partial charge in [0, 0.05) is 13.1 Å². The van der Waals surface area contributed by atoms with E-state index < -0.39 is 4.92 Å². The molecule has 0 aliphatic carbocycles. The van der Waals surface area contributed by atoms with Crippen LogP contribution in [-0.4, -0.2) is 29.4 Å². The van der Waals surface area contributed by atoms with Gasteiger partial charge in [-0.05, 0) is 6.07 Å². The molecule has 0 radical (unpaired) electrons. The highest BCUT2D eigenvalue weighted by Gasteiger charge is 2.05. The van der Waals surface area contributed by atoms with Crippen molar-refractivity contribution >= 4 is 17.4 Å². The van der Waals surface area contributed by atoms with Crippen LogP contribution in [-0.2, 0) is 4.79 Å². The summed E-state index contributed by atoms with van der Waals surface area (Å²) in [6.45, 7) is 0.0846. The first-order chi connectivity index (χ1) is 7.13. The molecule has 0 fully saturated rings. The van der Waals surface area contributed by atoms with E-state index in [0.717, 1.165) is 6.20 Å². The molecule has 0 spiro atoms. The van der Waals surface area contributed by atoms with E-state index in [4.69, 9.17) is 0 Å². The molecule has 0 saturated carbocycles. The van der Waals surface area contributed by atoms with Crippen LogP contribution in [0.3, 0.4) is 0 Å². The van der Waals surface area contributed by atoms with Gasteiger partial charge in [0.05, 0.1) is 11.5 Å². The number of anilines is 1. The number of rotatable bonds is 4. The van der Waals surface area contributed by atoms with Crippen molar-refractivity contribution in [1.29, 1.82) is 0 Å². The van der Waals surface area contributed by atoms with Crippen molar-refractivity contribution in [3.63, 3.8) is 0 Å². The van der Waals surface area contributed by atoms with Crippen molar-refractivity contribution in [3.05, 3.63) is 28.4 Å². The summed E-state index contributed by atoms with van der Waals surface area (Å²) in [7, 11) is 1.52. The van der Waals surface area contributed by atoms with Crippen molar-refractivity contribution < 1.29 is 9.72 Å². The summed E-state index contributed by atoms with van der Waals surface area (Å²) in [4.78, 5) is 24.4. The fraction of sp³-hybridized carbons (Fsp3) is 0.250. The van der Waals surface area contributed by atoms with Crippen molar-refractivity contribution in [2.75, 3.05) is 18.9 Å². The van der Waals surface area contributed by atoms with Crippen molar-refractivity contribution in [2.24, 2.45) is 0 Å². The summed E-state index contributed by atoms with van der Waals surface area (Å²) in [5.74, 6) is 0.236. The number of carbonyl (C=O) groups excluding carboxylic acids is 1. The minimum atomic E-state index is -0.532. The van der Waals surface area contributed by atoms with Crippen LogP contribution in [0.4, 0.5) is 11.5 Å². The second kappa shape index (κ2) is 4.89. The van der Waals surface area contributed by atoms with Crippen LogP contribution in [0, 0.1) is 10.1 Å². The van der Waals surface area contributed by atoms with Gasteiger partial charge in [0.2, 0.25) is 5.91 Å². The number of nitro groups is 1. The molecule has 0 saturated heterocycles. The number of hydrogen-bond donors (Lipinski definition) is 2. The first-order valence-electron chi connectivity index (χ1n) is 4.18. The smallest absolute Gasteiger partial charge is 0.287 e. The van der Waals surface area contributed by atoms with Gasteiger partial charge in [-0.15, -0.1) is 0 Å². The van der Waals surface area contributed by atoms with E-state index >= 15 is 0 Å². The normalized spacial score (nSPS) is 9.40. The summed E-state index contributed by atoms with van der Waals surface area (Å²) in [6, 6.07) is 2.76. The molecule has 0 aliphatic rings. The standard InChI is InChI=1S/C8H10N4O3/c1-9-8(13)5-11-7-3-2-6(4-10-7)12(14)15/h2-4H,5H2,1H3,(H,9,13)(H,10,11). The Morgan fingerprint density at radius 2 is 2.33 bits per heavy atom. The number of nitrogens with one attached hydrogen (secondary N) is 2. The average molecular weight is 210 g/mol. The van der Waals surface area contributed by atoms with Crippen molar-refractivity contribution in [1.82, 2.24) is 10.3 Å². The number of hydrogen-bond acceptors (Lipinski definition) is 5. The Labute approximate surface area is 85.7 Å². The van der Waals surface area contributed by atoms with Gasteiger partial charge in [-0.3, -0.25) is 14.9 Å². The third-order valence-corrected chi connectivity index (χ3v) is 1.67. The van der Waals surface area contributed by atoms with Gasteiger partial charge in [-0.25, -0.2) is 4.98 Å². The van der Waals surface area contributed by atoms with Crippen LogP contribution in [0.2, 0.25) is 0 Å². The third-order valence-electron chi connectivity index (χ3n) is 1.67. The lowest BCUT2D eigenvalue weighted by atomic mass is 10.4. The minimum Gasteiger partial charge on any atom is -0.361 e. The zero-order valence-corrected chi connectivity index (χ0v) is 8.06. The highest BCUT2D eigenvalue weighted by Crippen LogP contribution is 2.11. The second-order valence-electron chi connectivity index (χ2n) is 2.69. The predicted octanol–water partition coefficient (Wildman–Crippen LogP) is 0.148. The van der Waals surface area contributed by atoms with Crippen LogP contribution in [0.5, 0.6) is 0 Å². The predicted molar refractivity (Wildman–Crippen MR) is 53.4 cm³/mol. The van der Waals surface area contributed by atoms with Gasteiger partial charge < -0.3 is 10.6 Å². The van der Waals surface area contributed by atoms with E-state index in [1.54, 1.807) is 0 Å². The fourth-order valence-electron chi connectivity index (χ4n) is 0.858. The lowest BCUT2D eigenvalue weighted by Gasteiger charge is -2.03. The molecule has 0 bridgehead atoms. The highest BCUT2D eigenvalue weighted by molar-refractivity contribution is 5.80. The molecule has 1 amide bonds. The summed E-state index contributed by atoms with van der Waals surface area (Å²) < 4.78 is 0. The number of likely N-dealkylation sites (N-methyl/N-ethyl adjacent to an activating group) is 1. The molecule has 15 heavy (non-hydrogen) atoms. The summed E-state index contributed by atoms with van der Waals surface area (Å²) >= 11 is 0. The van der Waals surface area contributed by atoms with Crippen molar-refractivity contribution in [3.8, 4) is 0 Å². The summed E-state index contributed by atoms with van der Waals surface area (Å²) in [5.41, 5.74) is -0.0829. The Bertz CT molecular complexity index is 363. The molecule has 1 heterocycles. The molecule has 0 atom stereocenters. The van der Waals surface area contributed by atoms with E-state index in [1.165, 1.54) is 19.2 Å². The Balaban J connectivity index is 2.57. The molecule has 0 aromatic carbocycles. The van der Waals surface area contributed by atoms with Gasteiger partial charge >= 0.3 is 0 Å². The molecule has 80 valence electrons. The third kappa shape index (κ3) is 3.22. The van der Waals surface area contributed by atoms with Gasteiger partial charge in [-0.1, -0.05) is 0 Å². The number of nitrogens with zero attached hydrogens (tertiary/aromatic N) is 2. The number of amides is 1. The largest absolute Gasteiger partial charge is 0.361 e. The molecular formula is C8H10N4O3. The fourth-order valence-corrected chi connectivity index (χ4v) is 0.858. The lowest BCUT2D eigenvalue weighted by molar-refractivity contribution is -0.385. The molecule has 7 heteroatoms. The molecule has 0 aliphatic heterocycles. The monoisotopic (exact) mass is 210 g/mol. The lowest BCUT2D eigenvalue weighted by Crippen LogP contribution is -2.26. The topological polar surface area (TPSA) is 97.2 Å². The molecule has 1 aromatic heterocycles. The molecule has 0 unspecified atom stereocenters. The molecule has 1 aromatic rings. The highest BCUT2D eigenvalue weighted by atomic mass is 16.6. The first-order valence-corrected chi connectivity index (χ1v) is 4.18. The zero-order chi connectivity index (χ0) is 11.3. The quantitative estimate of drug-likeness (QED) is 0.544. The number of pyridine rings is 1. The first kappa shape index (κ1) is 10.9. The van der Waals surface area contributed by atoms with E-state index in [9.17, 15) is 14.9 Å². The maximum absolute atomic E-state index is 10.9. The number of aromatic nitrogens is 1. The van der Waals surface area contributed by atoms with E-state index in [2.05, 4.69) is 15.6 Å². The van der Waals surface area contributed by atoms with E-state index in [0.29, 0.717) is 5.82 Å². The van der Waals surface area contributed by atoms with Crippen LogP contribution in [0.25, 0.3) is 0 Å². The second-order valence-corrected chi connectivity index (χ2v) is 2.69. The number of carbonyl (C=O) groups is 1. The van der Waals surface area contributed by atoms with Gasteiger partial charge in [-0.2, -0.15) is 0 Å².